The molecule has 0 spiro atoms. The highest BCUT2D eigenvalue weighted by Gasteiger charge is 2.10. The van der Waals surface area contributed by atoms with E-state index in [0.717, 1.165) is 0 Å². The number of hydrogen-bond donors (Lipinski definition) is 2. The molecular weight excluding hydrogens is 275 g/mol. The van der Waals surface area contributed by atoms with Crippen molar-refractivity contribution in [1.29, 1.82) is 0 Å². The summed E-state index contributed by atoms with van der Waals surface area (Å²) in [5, 5.41) is 3.22. The van der Waals surface area contributed by atoms with Gasteiger partial charge in [-0.3, -0.25) is 0 Å². The van der Waals surface area contributed by atoms with Gasteiger partial charge in [-0.1, -0.05) is 0 Å². The highest BCUT2D eigenvalue weighted by molar-refractivity contribution is 7.11. The largest absolute Gasteiger partial charge is 0.488 e. The molecule has 0 aliphatic rings. The molecule has 2 rings (SSSR count). The van der Waals surface area contributed by atoms with Crippen LogP contribution < -0.4 is 15.8 Å². The van der Waals surface area contributed by atoms with E-state index >= 15 is 0 Å². The van der Waals surface area contributed by atoms with Crippen molar-refractivity contribution in [2.75, 3.05) is 11.1 Å². The van der Waals surface area contributed by atoms with Gasteiger partial charge in [-0.25, -0.2) is 4.39 Å². The average Bonchev–Trinajstić information content (AvgIpc) is 2.76. The molecule has 0 aliphatic carbocycles. The summed E-state index contributed by atoms with van der Waals surface area (Å²) < 4.78 is 19.2. The number of hydrogen-bond acceptors (Lipinski definition) is 4. The molecule has 108 valence electrons. The normalized spacial score (nSPS) is 10.8. The predicted octanol–water partition coefficient (Wildman–Crippen LogP) is 4.18. The highest BCUT2D eigenvalue weighted by atomic mass is 32.1. The lowest BCUT2D eigenvalue weighted by Gasteiger charge is -2.14. The number of rotatable bonds is 5. The van der Waals surface area contributed by atoms with E-state index in [-0.39, 0.29) is 11.9 Å². The zero-order valence-corrected chi connectivity index (χ0v) is 12.7. The van der Waals surface area contributed by atoms with Crippen LogP contribution in [0.2, 0.25) is 0 Å². The first-order valence-electron chi connectivity index (χ1n) is 6.50. The Hall–Kier alpha value is -1.75. The van der Waals surface area contributed by atoms with E-state index < -0.39 is 5.82 Å². The Morgan fingerprint density at radius 1 is 1.35 bits per heavy atom. The summed E-state index contributed by atoms with van der Waals surface area (Å²) in [6.45, 7) is 6.44. The molecule has 0 saturated heterocycles. The van der Waals surface area contributed by atoms with E-state index in [2.05, 4.69) is 24.4 Å². The maximum Gasteiger partial charge on any atom is 0.167 e. The lowest BCUT2D eigenvalue weighted by molar-refractivity contribution is 0.231. The fourth-order valence-electron chi connectivity index (χ4n) is 1.83. The standard InChI is InChI=1S/C15H19FN2OS/c1-9(2)19-15-7-14(13(17)6-12(15)16)18-8-11-5-4-10(3)20-11/h4-7,9,18H,8,17H2,1-3H3. The summed E-state index contributed by atoms with van der Waals surface area (Å²) in [4.78, 5) is 2.47. The van der Waals surface area contributed by atoms with Gasteiger partial charge < -0.3 is 15.8 Å². The Balaban J connectivity index is 2.14. The molecule has 0 saturated carbocycles. The lowest BCUT2D eigenvalue weighted by atomic mass is 10.2. The minimum Gasteiger partial charge on any atom is -0.488 e. The predicted molar refractivity (Wildman–Crippen MR) is 83.0 cm³/mol. The van der Waals surface area contributed by atoms with Gasteiger partial charge >= 0.3 is 0 Å². The fraction of sp³-hybridized carbons (Fsp3) is 0.333. The van der Waals surface area contributed by atoms with E-state index in [1.165, 1.54) is 15.8 Å². The molecule has 0 radical (unpaired) electrons. The molecule has 20 heavy (non-hydrogen) atoms. The molecule has 2 aromatic rings. The molecule has 0 atom stereocenters. The van der Waals surface area contributed by atoms with E-state index in [1.54, 1.807) is 17.4 Å². The zero-order valence-electron chi connectivity index (χ0n) is 11.9. The second kappa shape index (κ2) is 6.13. The average molecular weight is 294 g/mol. The van der Waals surface area contributed by atoms with Crippen LogP contribution in [0.3, 0.4) is 0 Å². The molecule has 5 heteroatoms. The topological polar surface area (TPSA) is 47.3 Å². The van der Waals surface area contributed by atoms with Gasteiger partial charge in [-0.15, -0.1) is 11.3 Å². The maximum absolute atomic E-state index is 13.7. The van der Waals surface area contributed by atoms with E-state index in [9.17, 15) is 4.39 Å². The lowest BCUT2D eigenvalue weighted by Crippen LogP contribution is -2.09. The third-order valence-electron chi connectivity index (χ3n) is 2.72. The van der Waals surface area contributed by atoms with Crippen LogP contribution in [0.5, 0.6) is 5.75 Å². The Morgan fingerprint density at radius 3 is 2.70 bits per heavy atom. The van der Waals surface area contributed by atoms with E-state index in [4.69, 9.17) is 10.5 Å². The van der Waals surface area contributed by atoms with Gasteiger partial charge in [0.2, 0.25) is 0 Å². The van der Waals surface area contributed by atoms with Crippen molar-refractivity contribution in [3.63, 3.8) is 0 Å². The molecule has 1 heterocycles. The summed E-state index contributed by atoms with van der Waals surface area (Å²) >= 11 is 1.72. The number of aryl methyl sites for hydroxylation is 1. The number of nitrogens with two attached hydrogens (primary N) is 1. The maximum atomic E-state index is 13.7. The molecule has 0 amide bonds. The first kappa shape index (κ1) is 14.7. The molecule has 1 aromatic carbocycles. The SMILES string of the molecule is Cc1ccc(CNc2cc(OC(C)C)c(F)cc2N)s1. The molecule has 0 unspecified atom stereocenters. The van der Waals surface area contributed by atoms with Crippen LogP contribution in [0.1, 0.15) is 23.6 Å². The van der Waals surface area contributed by atoms with Gasteiger partial charge in [0.15, 0.2) is 11.6 Å². The summed E-state index contributed by atoms with van der Waals surface area (Å²) in [5.41, 5.74) is 6.91. The Labute approximate surface area is 122 Å². The monoisotopic (exact) mass is 294 g/mol. The Kier molecular flexibility index (Phi) is 4.49. The van der Waals surface area contributed by atoms with Crippen molar-refractivity contribution in [3.8, 4) is 5.75 Å². The number of nitrogens with one attached hydrogen (secondary N) is 1. The molecule has 0 fully saturated rings. The number of halogens is 1. The van der Waals surface area contributed by atoms with E-state index in [0.29, 0.717) is 17.9 Å². The first-order valence-corrected chi connectivity index (χ1v) is 7.32. The van der Waals surface area contributed by atoms with Gasteiger partial charge in [-0.05, 0) is 32.9 Å². The zero-order chi connectivity index (χ0) is 14.7. The molecule has 0 bridgehead atoms. The minimum absolute atomic E-state index is 0.0825. The van der Waals surface area contributed by atoms with Crippen LogP contribution in [-0.2, 0) is 6.54 Å². The Bertz CT molecular complexity index is 596. The van der Waals surface area contributed by atoms with Crippen LogP contribution in [-0.4, -0.2) is 6.10 Å². The smallest absolute Gasteiger partial charge is 0.167 e. The molecule has 3 nitrogen and oxygen atoms in total. The molecular formula is C15H19FN2OS. The van der Waals surface area contributed by atoms with Gasteiger partial charge in [0, 0.05) is 28.4 Å². The highest BCUT2D eigenvalue weighted by Crippen LogP contribution is 2.29. The fourth-order valence-corrected chi connectivity index (χ4v) is 2.66. The van der Waals surface area contributed by atoms with Gasteiger partial charge in [-0.2, -0.15) is 0 Å². The number of thiophene rings is 1. The van der Waals surface area contributed by atoms with Crippen LogP contribution in [0.4, 0.5) is 15.8 Å². The number of ether oxygens (including phenoxy) is 1. The summed E-state index contributed by atoms with van der Waals surface area (Å²) in [7, 11) is 0. The molecule has 1 aromatic heterocycles. The quantitative estimate of drug-likeness (QED) is 0.813. The van der Waals surface area contributed by atoms with Crippen molar-refractivity contribution >= 4 is 22.7 Å². The summed E-state index contributed by atoms with van der Waals surface area (Å²) in [5.74, 6) is -0.215. The van der Waals surface area contributed by atoms with Gasteiger partial charge in [0.05, 0.1) is 17.5 Å². The van der Waals surface area contributed by atoms with Crippen molar-refractivity contribution in [2.45, 2.75) is 33.4 Å². The van der Waals surface area contributed by atoms with E-state index in [1.807, 2.05) is 13.8 Å². The van der Waals surface area contributed by atoms with Crippen LogP contribution in [0.25, 0.3) is 0 Å². The first-order chi connectivity index (χ1) is 9.45. The molecule has 0 aliphatic heterocycles. The second-order valence-electron chi connectivity index (χ2n) is 4.90. The van der Waals surface area contributed by atoms with Crippen LogP contribution in [0, 0.1) is 12.7 Å². The van der Waals surface area contributed by atoms with Crippen molar-refractivity contribution in [2.24, 2.45) is 0 Å². The number of nitrogen functional groups attached to an aromatic ring is 1. The van der Waals surface area contributed by atoms with Gasteiger partial charge in [0.25, 0.3) is 0 Å². The Morgan fingerprint density at radius 2 is 2.10 bits per heavy atom. The summed E-state index contributed by atoms with van der Waals surface area (Å²) in [6, 6.07) is 7.05. The van der Waals surface area contributed by atoms with Crippen molar-refractivity contribution in [1.82, 2.24) is 0 Å². The third-order valence-corrected chi connectivity index (χ3v) is 3.72. The number of anilines is 2. The second-order valence-corrected chi connectivity index (χ2v) is 6.27. The minimum atomic E-state index is -0.436. The third kappa shape index (κ3) is 3.63. The van der Waals surface area contributed by atoms with Gasteiger partial charge in [0.1, 0.15) is 0 Å². The van der Waals surface area contributed by atoms with Crippen LogP contribution >= 0.6 is 11.3 Å². The summed E-state index contributed by atoms with van der Waals surface area (Å²) in [6.07, 6.45) is -0.0825. The van der Waals surface area contributed by atoms with Crippen LogP contribution in [0.15, 0.2) is 24.3 Å². The molecule has 3 N–H and O–H groups in total. The van der Waals surface area contributed by atoms with Crippen molar-refractivity contribution in [3.05, 3.63) is 39.8 Å². The number of benzene rings is 1. The van der Waals surface area contributed by atoms with Crippen molar-refractivity contribution < 1.29 is 9.13 Å².